The Labute approximate surface area is 173 Å². The lowest BCUT2D eigenvalue weighted by atomic mass is 9.92. The van der Waals surface area contributed by atoms with Crippen molar-refractivity contribution in [3.8, 4) is 0 Å². The molecule has 7 nitrogen and oxygen atoms in total. The molecule has 30 heavy (non-hydrogen) atoms. The standard InChI is InChI=1S/C19H20F3N5O2S/c1-18(2)17(23)26-19(3,9-30(18)29)12-7-11(4-5-13(12)21)25-16(27-28)15-14(22)6-10(20)8-24-15/h4-8,28H,9H2,1-3H3,(H2,23,26)(H,25,27)/t19-,30?/m0/s1. The first-order valence-corrected chi connectivity index (χ1v) is 10.1. The minimum Gasteiger partial charge on any atom is -0.386 e. The van der Waals surface area contributed by atoms with Crippen molar-refractivity contribution in [2.75, 3.05) is 5.75 Å². The van der Waals surface area contributed by atoms with Crippen LogP contribution in [0.1, 0.15) is 32.0 Å². The number of hydrogen-bond donors (Lipinski definition) is 3. The topological polar surface area (TPSA) is 113 Å². The average molecular weight is 439 g/mol. The van der Waals surface area contributed by atoms with Crippen LogP contribution in [0, 0.1) is 17.5 Å². The molecule has 0 fully saturated rings. The van der Waals surface area contributed by atoms with Gasteiger partial charge in [-0.2, -0.15) is 0 Å². The van der Waals surface area contributed by atoms with E-state index in [1.165, 1.54) is 12.1 Å². The molecular weight excluding hydrogens is 419 g/mol. The summed E-state index contributed by atoms with van der Waals surface area (Å²) in [7, 11) is -1.42. The molecule has 3 rings (SSSR count). The van der Waals surface area contributed by atoms with Gasteiger partial charge in [-0.1, -0.05) is 0 Å². The fourth-order valence-electron chi connectivity index (χ4n) is 2.97. The summed E-state index contributed by atoms with van der Waals surface area (Å²) in [4.78, 5) is 12.0. The van der Waals surface area contributed by atoms with Crippen LogP contribution in [-0.2, 0) is 16.3 Å². The molecule has 2 heterocycles. The molecule has 0 radical (unpaired) electrons. The molecule has 0 aliphatic carbocycles. The van der Waals surface area contributed by atoms with Crippen LogP contribution in [0.15, 0.2) is 40.4 Å². The molecule has 160 valence electrons. The molecule has 4 N–H and O–H groups in total. The van der Waals surface area contributed by atoms with E-state index >= 15 is 0 Å². The first kappa shape index (κ1) is 21.9. The van der Waals surface area contributed by atoms with Gasteiger partial charge in [-0.05, 0) is 39.0 Å². The van der Waals surface area contributed by atoms with E-state index in [1.54, 1.807) is 26.3 Å². The Kier molecular flexibility index (Phi) is 5.70. The van der Waals surface area contributed by atoms with E-state index in [0.29, 0.717) is 6.07 Å². The zero-order valence-corrected chi connectivity index (χ0v) is 17.2. The summed E-state index contributed by atoms with van der Waals surface area (Å²) in [6.45, 7) is 5.00. The van der Waals surface area contributed by atoms with Crippen LogP contribution in [0.5, 0.6) is 0 Å². The highest BCUT2D eigenvalue weighted by Crippen LogP contribution is 2.37. The van der Waals surface area contributed by atoms with E-state index in [0.717, 1.165) is 12.3 Å². The number of rotatable bonds is 3. The third-order valence-electron chi connectivity index (χ3n) is 4.87. The lowest BCUT2D eigenvalue weighted by Crippen LogP contribution is -2.52. The molecule has 1 unspecified atom stereocenters. The van der Waals surface area contributed by atoms with Crippen LogP contribution in [0.4, 0.5) is 18.9 Å². The second-order valence-electron chi connectivity index (χ2n) is 7.49. The van der Waals surface area contributed by atoms with Crippen molar-refractivity contribution < 1.29 is 22.6 Å². The maximum Gasteiger partial charge on any atom is 0.179 e. The molecule has 1 aliphatic heterocycles. The number of nitrogens with zero attached hydrogens (tertiary/aromatic N) is 3. The number of halogens is 3. The average Bonchev–Trinajstić information content (AvgIpc) is 2.66. The molecule has 0 spiro atoms. The zero-order valence-electron chi connectivity index (χ0n) is 16.4. The van der Waals surface area contributed by atoms with E-state index in [1.807, 2.05) is 0 Å². The van der Waals surface area contributed by atoms with Gasteiger partial charge in [-0.3, -0.25) is 19.9 Å². The third kappa shape index (κ3) is 3.94. The second kappa shape index (κ2) is 7.80. The van der Waals surface area contributed by atoms with Gasteiger partial charge in [0.05, 0.1) is 27.9 Å². The van der Waals surface area contributed by atoms with Crippen molar-refractivity contribution in [3.63, 3.8) is 0 Å². The van der Waals surface area contributed by atoms with Crippen LogP contribution in [0.2, 0.25) is 0 Å². The second-order valence-corrected chi connectivity index (χ2v) is 9.49. The number of nitrogens with one attached hydrogen (secondary N) is 1. The molecule has 11 heteroatoms. The first-order valence-electron chi connectivity index (χ1n) is 8.82. The Bertz CT molecular complexity index is 1090. The Balaban J connectivity index is 2.08. The number of amidine groups is 2. The summed E-state index contributed by atoms with van der Waals surface area (Å²) in [6.07, 6.45) is 0.763. The number of aromatic nitrogens is 1. The van der Waals surface area contributed by atoms with Crippen molar-refractivity contribution in [2.24, 2.45) is 15.7 Å². The molecule has 0 bridgehead atoms. The number of aliphatic imine (C=N–C) groups is 2. The van der Waals surface area contributed by atoms with Gasteiger partial charge in [0, 0.05) is 22.4 Å². The Morgan fingerprint density at radius 1 is 1.23 bits per heavy atom. The van der Waals surface area contributed by atoms with Crippen molar-refractivity contribution in [3.05, 3.63) is 59.2 Å². The minimum absolute atomic E-state index is 0.0318. The number of nitrogens with two attached hydrogens (primary N) is 1. The van der Waals surface area contributed by atoms with Crippen molar-refractivity contribution in [1.29, 1.82) is 0 Å². The largest absolute Gasteiger partial charge is 0.386 e. The van der Waals surface area contributed by atoms with Gasteiger partial charge in [0.15, 0.2) is 11.7 Å². The normalized spacial score (nSPS) is 23.8. The van der Waals surface area contributed by atoms with Crippen LogP contribution in [-0.4, -0.2) is 36.6 Å². The van der Waals surface area contributed by atoms with Gasteiger partial charge in [0.1, 0.15) is 23.2 Å². The van der Waals surface area contributed by atoms with E-state index in [9.17, 15) is 22.6 Å². The van der Waals surface area contributed by atoms with Crippen molar-refractivity contribution in [2.45, 2.75) is 31.1 Å². The van der Waals surface area contributed by atoms with Crippen molar-refractivity contribution in [1.82, 2.24) is 10.5 Å². The number of benzene rings is 1. The Hall–Kier alpha value is -2.79. The van der Waals surface area contributed by atoms with Crippen LogP contribution >= 0.6 is 0 Å². The van der Waals surface area contributed by atoms with Crippen LogP contribution < -0.4 is 11.2 Å². The summed E-state index contributed by atoms with van der Waals surface area (Å²) in [6, 6.07) is 4.33. The van der Waals surface area contributed by atoms with Gasteiger partial charge in [-0.15, -0.1) is 0 Å². The first-order chi connectivity index (χ1) is 14.0. The number of hydroxylamine groups is 1. The highest BCUT2D eigenvalue weighted by atomic mass is 32.2. The maximum atomic E-state index is 14.7. The fourth-order valence-corrected chi connectivity index (χ4v) is 4.34. The molecular formula is C19H20F3N5O2S. The third-order valence-corrected chi connectivity index (χ3v) is 7.05. The molecule has 1 aromatic carbocycles. The van der Waals surface area contributed by atoms with E-state index < -0.39 is 50.1 Å². The lowest BCUT2D eigenvalue weighted by molar-refractivity contribution is 0.234. The molecule has 0 saturated heterocycles. The fraction of sp³-hybridized carbons (Fsp3) is 0.316. The van der Waals surface area contributed by atoms with Gasteiger partial charge >= 0.3 is 0 Å². The van der Waals surface area contributed by atoms with Gasteiger partial charge in [-0.25, -0.2) is 23.1 Å². The van der Waals surface area contributed by atoms with Crippen LogP contribution in [0.25, 0.3) is 0 Å². The van der Waals surface area contributed by atoms with E-state index in [-0.39, 0.29) is 22.8 Å². The highest BCUT2D eigenvalue weighted by molar-refractivity contribution is 7.87. The molecule has 0 amide bonds. The smallest absolute Gasteiger partial charge is 0.179 e. The SMILES string of the molecule is CC1(C)C(N)=N[C@](C)(c2cc(N=C(NO)c3ncc(F)cc3F)ccc2F)CS1=O. The summed E-state index contributed by atoms with van der Waals surface area (Å²) in [5.41, 5.74) is 6.26. The van der Waals surface area contributed by atoms with E-state index in [4.69, 9.17) is 5.73 Å². The molecule has 1 aromatic heterocycles. The zero-order chi connectivity index (χ0) is 22.3. The number of pyridine rings is 1. The summed E-state index contributed by atoms with van der Waals surface area (Å²) in [5, 5.41) is 9.35. The van der Waals surface area contributed by atoms with Crippen LogP contribution in [0.3, 0.4) is 0 Å². The Morgan fingerprint density at radius 3 is 2.53 bits per heavy atom. The minimum atomic E-state index is -1.42. The van der Waals surface area contributed by atoms with Crippen molar-refractivity contribution >= 4 is 28.2 Å². The molecule has 0 saturated carbocycles. The summed E-state index contributed by atoms with van der Waals surface area (Å²) < 4.78 is 53.6. The maximum absolute atomic E-state index is 14.7. The predicted octanol–water partition coefficient (Wildman–Crippen LogP) is 2.67. The number of hydrogen-bond acceptors (Lipinski definition) is 6. The molecule has 2 aromatic rings. The van der Waals surface area contributed by atoms with E-state index in [2.05, 4.69) is 15.0 Å². The predicted molar refractivity (Wildman–Crippen MR) is 108 cm³/mol. The monoisotopic (exact) mass is 439 g/mol. The summed E-state index contributed by atoms with van der Waals surface area (Å²) >= 11 is 0. The van der Waals surface area contributed by atoms with Gasteiger partial charge in [0.2, 0.25) is 0 Å². The quantitative estimate of drug-likeness (QED) is 0.387. The molecule has 2 atom stereocenters. The van der Waals surface area contributed by atoms with Gasteiger partial charge < -0.3 is 5.73 Å². The highest BCUT2D eigenvalue weighted by Gasteiger charge is 2.44. The lowest BCUT2D eigenvalue weighted by Gasteiger charge is -2.37. The summed E-state index contributed by atoms with van der Waals surface area (Å²) in [5.74, 6) is -2.80. The van der Waals surface area contributed by atoms with Gasteiger partial charge in [0.25, 0.3) is 0 Å². The molecule has 1 aliphatic rings. The Morgan fingerprint density at radius 2 is 1.93 bits per heavy atom.